The van der Waals surface area contributed by atoms with Gasteiger partial charge in [0, 0.05) is 35.4 Å². The third kappa shape index (κ3) is 3.06. The number of hydrogen-bond donors (Lipinski definition) is 1. The summed E-state index contributed by atoms with van der Waals surface area (Å²) in [5, 5.41) is 4.59. The van der Waals surface area contributed by atoms with Gasteiger partial charge in [0.15, 0.2) is 0 Å². The number of halogens is 1. The minimum Gasteiger partial charge on any atom is -0.365 e. The zero-order valence-corrected chi connectivity index (χ0v) is 13.0. The molecule has 1 heterocycles. The van der Waals surface area contributed by atoms with Gasteiger partial charge in [0.1, 0.15) is 0 Å². The highest BCUT2D eigenvalue weighted by molar-refractivity contribution is 6.30. The average molecular weight is 281 g/mol. The second-order valence-corrected chi connectivity index (χ2v) is 5.97. The van der Waals surface area contributed by atoms with E-state index in [2.05, 4.69) is 43.1 Å². The molecule has 106 valence electrons. The van der Waals surface area contributed by atoms with Gasteiger partial charge in [-0.25, -0.2) is 0 Å². The molecule has 1 fully saturated rings. The van der Waals surface area contributed by atoms with Gasteiger partial charge in [0.05, 0.1) is 0 Å². The quantitative estimate of drug-likeness (QED) is 0.894. The molecule has 2 rings (SSSR count). The standard InChI is InChI=1S/C16H25ClN2/c1-4-14-11-18-16(5-2,6-3)12-19(14)15-9-7-13(17)8-10-15/h7-10,14,18H,4-6,11-12H2,1-3H3. The average Bonchev–Trinajstić information content (AvgIpc) is 2.47. The van der Waals surface area contributed by atoms with E-state index in [-0.39, 0.29) is 5.54 Å². The van der Waals surface area contributed by atoms with Gasteiger partial charge in [0.2, 0.25) is 0 Å². The molecule has 1 atom stereocenters. The second-order valence-electron chi connectivity index (χ2n) is 5.53. The highest BCUT2D eigenvalue weighted by atomic mass is 35.5. The minimum absolute atomic E-state index is 0.255. The van der Waals surface area contributed by atoms with Crippen LogP contribution in [0.3, 0.4) is 0 Å². The molecule has 0 amide bonds. The van der Waals surface area contributed by atoms with E-state index in [0.29, 0.717) is 6.04 Å². The van der Waals surface area contributed by atoms with Crippen LogP contribution in [0.5, 0.6) is 0 Å². The summed E-state index contributed by atoms with van der Waals surface area (Å²) in [6.07, 6.45) is 3.51. The molecule has 3 heteroatoms. The van der Waals surface area contributed by atoms with Crippen molar-refractivity contribution in [3.63, 3.8) is 0 Å². The second kappa shape index (κ2) is 6.15. The molecule has 1 aromatic carbocycles. The first kappa shape index (κ1) is 14.7. The summed E-state index contributed by atoms with van der Waals surface area (Å²) >= 11 is 6.00. The zero-order valence-electron chi connectivity index (χ0n) is 12.2. The molecule has 1 aliphatic heterocycles. The molecule has 1 aliphatic rings. The summed E-state index contributed by atoms with van der Waals surface area (Å²) in [6, 6.07) is 8.85. The number of hydrogen-bond acceptors (Lipinski definition) is 2. The first-order valence-corrected chi connectivity index (χ1v) is 7.79. The van der Waals surface area contributed by atoms with Crippen molar-refractivity contribution >= 4 is 17.3 Å². The van der Waals surface area contributed by atoms with E-state index in [1.54, 1.807) is 0 Å². The Hall–Kier alpha value is -0.730. The summed E-state index contributed by atoms with van der Waals surface area (Å²) in [5.41, 5.74) is 1.55. The number of anilines is 1. The maximum atomic E-state index is 6.00. The topological polar surface area (TPSA) is 15.3 Å². The highest BCUT2D eigenvalue weighted by Gasteiger charge is 2.36. The molecular formula is C16H25ClN2. The van der Waals surface area contributed by atoms with Crippen molar-refractivity contribution in [2.75, 3.05) is 18.0 Å². The van der Waals surface area contributed by atoms with Crippen molar-refractivity contribution in [2.24, 2.45) is 0 Å². The fraction of sp³-hybridized carbons (Fsp3) is 0.625. The van der Waals surface area contributed by atoms with Crippen molar-refractivity contribution in [1.82, 2.24) is 5.32 Å². The Bertz CT molecular complexity index is 398. The van der Waals surface area contributed by atoms with Gasteiger partial charge in [-0.3, -0.25) is 0 Å². The van der Waals surface area contributed by atoms with Crippen LogP contribution in [0.2, 0.25) is 5.02 Å². The minimum atomic E-state index is 0.255. The normalized spacial score (nSPS) is 22.5. The first-order valence-electron chi connectivity index (χ1n) is 7.41. The fourth-order valence-corrected chi connectivity index (χ4v) is 3.10. The largest absolute Gasteiger partial charge is 0.365 e. The van der Waals surface area contributed by atoms with Crippen LogP contribution >= 0.6 is 11.6 Å². The summed E-state index contributed by atoms with van der Waals surface area (Å²) in [5.74, 6) is 0. The Morgan fingerprint density at radius 2 is 1.84 bits per heavy atom. The molecule has 19 heavy (non-hydrogen) atoms. The lowest BCUT2D eigenvalue weighted by Gasteiger charge is -2.48. The number of nitrogens with zero attached hydrogens (tertiary/aromatic N) is 1. The van der Waals surface area contributed by atoms with Gasteiger partial charge in [0.25, 0.3) is 0 Å². The lowest BCUT2D eigenvalue weighted by Crippen LogP contribution is -2.64. The van der Waals surface area contributed by atoms with E-state index in [1.807, 2.05) is 12.1 Å². The molecule has 0 aliphatic carbocycles. The van der Waals surface area contributed by atoms with Crippen LogP contribution in [-0.2, 0) is 0 Å². The van der Waals surface area contributed by atoms with Crippen LogP contribution in [0.1, 0.15) is 40.0 Å². The lowest BCUT2D eigenvalue weighted by atomic mass is 9.88. The van der Waals surface area contributed by atoms with Crippen molar-refractivity contribution in [3.8, 4) is 0 Å². The molecule has 1 saturated heterocycles. The molecule has 1 N–H and O–H groups in total. The number of nitrogens with one attached hydrogen (secondary N) is 1. The highest BCUT2D eigenvalue weighted by Crippen LogP contribution is 2.29. The van der Waals surface area contributed by atoms with Gasteiger partial charge >= 0.3 is 0 Å². The Labute approximate surface area is 122 Å². The van der Waals surface area contributed by atoms with E-state index in [4.69, 9.17) is 11.6 Å². The Kier molecular flexibility index (Phi) is 4.75. The van der Waals surface area contributed by atoms with Crippen LogP contribution < -0.4 is 10.2 Å². The van der Waals surface area contributed by atoms with Gasteiger partial charge in [-0.15, -0.1) is 0 Å². The predicted molar refractivity (Wildman–Crippen MR) is 84.2 cm³/mol. The van der Waals surface area contributed by atoms with E-state index in [1.165, 1.54) is 24.9 Å². The van der Waals surface area contributed by atoms with Crippen LogP contribution in [-0.4, -0.2) is 24.7 Å². The third-order valence-electron chi connectivity index (χ3n) is 4.61. The van der Waals surface area contributed by atoms with E-state index < -0.39 is 0 Å². The van der Waals surface area contributed by atoms with Crippen molar-refractivity contribution in [1.29, 1.82) is 0 Å². The number of benzene rings is 1. The predicted octanol–water partition coefficient (Wildman–Crippen LogP) is 4.09. The van der Waals surface area contributed by atoms with Crippen molar-refractivity contribution < 1.29 is 0 Å². The summed E-state index contributed by atoms with van der Waals surface area (Å²) in [4.78, 5) is 2.56. The van der Waals surface area contributed by atoms with Gasteiger partial charge < -0.3 is 10.2 Å². The van der Waals surface area contributed by atoms with Gasteiger partial charge in [-0.05, 0) is 43.5 Å². The molecule has 0 bridgehead atoms. The number of piperazine rings is 1. The first-order chi connectivity index (χ1) is 9.14. The molecule has 1 unspecified atom stereocenters. The molecule has 0 radical (unpaired) electrons. The molecule has 1 aromatic rings. The molecule has 0 spiro atoms. The smallest absolute Gasteiger partial charge is 0.0412 e. The molecule has 0 aromatic heterocycles. The monoisotopic (exact) mass is 280 g/mol. The summed E-state index contributed by atoms with van der Waals surface area (Å²) in [7, 11) is 0. The summed E-state index contributed by atoms with van der Waals surface area (Å²) < 4.78 is 0. The molecule has 2 nitrogen and oxygen atoms in total. The lowest BCUT2D eigenvalue weighted by molar-refractivity contribution is 0.246. The molecule has 0 saturated carbocycles. The van der Waals surface area contributed by atoms with Crippen LogP contribution in [0.25, 0.3) is 0 Å². The van der Waals surface area contributed by atoms with E-state index in [9.17, 15) is 0 Å². The van der Waals surface area contributed by atoms with Crippen LogP contribution in [0, 0.1) is 0 Å². The Balaban J connectivity index is 2.25. The summed E-state index contributed by atoms with van der Waals surface area (Å²) in [6.45, 7) is 8.98. The zero-order chi connectivity index (χ0) is 13.9. The van der Waals surface area contributed by atoms with Gasteiger partial charge in [-0.2, -0.15) is 0 Å². The SMILES string of the molecule is CCC1CNC(CC)(CC)CN1c1ccc(Cl)cc1. The van der Waals surface area contributed by atoms with Crippen molar-refractivity contribution in [2.45, 2.75) is 51.6 Å². The van der Waals surface area contributed by atoms with E-state index >= 15 is 0 Å². The Morgan fingerprint density at radius 1 is 1.21 bits per heavy atom. The van der Waals surface area contributed by atoms with Gasteiger partial charge in [-0.1, -0.05) is 32.4 Å². The van der Waals surface area contributed by atoms with Crippen LogP contribution in [0.15, 0.2) is 24.3 Å². The van der Waals surface area contributed by atoms with E-state index in [0.717, 1.165) is 18.1 Å². The third-order valence-corrected chi connectivity index (χ3v) is 4.86. The number of rotatable bonds is 4. The fourth-order valence-electron chi connectivity index (χ4n) is 2.98. The maximum absolute atomic E-state index is 6.00. The van der Waals surface area contributed by atoms with Crippen LogP contribution in [0.4, 0.5) is 5.69 Å². The maximum Gasteiger partial charge on any atom is 0.0412 e. The van der Waals surface area contributed by atoms with Crippen molar-refractivity contribution in [3.05, 3.63) is 29.3 Å². The Morgan fingerprint density at radius 3 is 2.37 bits per heavy atom. The molecular weight excluding hydrogens is 256 g/mol.